The van der Waals surface area contributed by atoms with Crippen LogP contribution in [0.4, 0.5) is 4.79 Å². The minimum atomic E-state index is -0.795. The number of primary amides is 1. The van der Waals surface area contributed by atoms with Gasteiger partial charge in [-0.3, -0.25) is 4.79 Å². The lowest BCUT2D eigenvalue weighted by Gasteiger charge is -2.34. The van der Waals surface area contributed by atoms with Gasteiger partial charge in [0.25, 0.3) is 0 Å². The van der Waals surface area contributed by atoms with Crippen molar-refractivity contribution >= 4 is 12.0 Å². The van der Waals surface area contributed by atoms with Crippen LogP contribution in [-0.2, 0) is 16.0 Å². The van der Waals surface area contributed by atoms with E-state index >= 15 is 0 Å². The van der Waals surface area contributed by atoms with Crippen LogP contribution in [0.15, 0.2) is 30.3 Å². The lowest BCUT2D eigenvalue weighted by molar-refractivity contribution is -0.131. The Labute approximate surface area is 118 Å². The standard InChI is InChI=1S/C15H20N2O3/c1-11(18)17-9-8-15(2,20-14(16)19)13(17)10-12-6-4-3-5-7-12/h3-7,13H,8-10H2,1-2H3,(H2,16,19). The Hall–Kier alpha value is -2.04. The molecule has 1 heterocycles. The molecule has 2 unspecified atom stereocenters. The van der Waals surface area contributed by atoms with Gasteiger partial charge in [0.05, 0.1) is 6.04 Å². The molecule has 2 amide bonds. The van der Waals surface area contributed by atoms with E-state index in [0.717, 1.165) is 5.56 Å². The van der Waals surface area contributed by atoms with Gasteiger partial charge >= 0.3 is 6.09 Å². The van der Waals surface area contributed by atoms with Crippen LogP contribution in [0.5, 0.6) is 0 Å². The Morgan fingerprint density at radius 1 is 1.40 bits per heavy atom. The first-order valence-electron chi connectivity index (χ1n) is 6.72. The molecule has 0 aliphatic carbocycles. The summed E-state index contributed by atoms with van der Waals surface area (Å²) in [5.41, 5.74) is 5.54. The molecule has 0 radical (unpaired) electrons. The quantitative estimate of drug-likeness (QED) is 0.913. The predicted molar refractivity (Wildman–Crippen MR) is 75.0 cm³/mol. The second-order valence-corrected chi connectivity index (χ2v) is 5.40. The molecule has 20 heavy (non-hydrogen) atoms. The van der Waals surface area contributed by atoms with Crippen LogP contribution >= 0.6 is 0 Å². The Balaban J connectivity index is 2.25. The van der Waals surface area contributed by atoms with E-state index in [2.05, 4.69) is 0 Å². The van der Waals surface area contributed by atoms with Crippen molar-refractivity contribution in [1.29, 1.82) is 0 Å². The van der Waals surface area contributed by atoms with E-state index in [1.165, 1.54) is 6.92 Å². The van der Waals surface area contributed by atoms with E-state index in [9.17, 15) is 9.59 Å². The van der Waals surface area contributed by atoms with Crippen molar-refractivity contribution in [2.75, 3.05) is 6.54 Å². The summed E-state index contributed by atoms with van der Waals surface area (Å²) in [5, 5.41) is 0. The lowest BCUT2D eigenvalue weighted by atomic mass is 9.91. The maximum Gasteiger partial charge on any atom is 0.405 e. The molecule has 2 atom stereocenters. The van der Waals surface area contributed by atoms with Gasteiger partial charge in [0, 0.05) is 19.9 Å². The minimum absolute atomic E-state index is 0.0114. The number of carbonyl (C=O) groups excluding carboxylic acids is 2. The normalized spacial score (nSPS) is 25.5. The second kappa shape index (κ2) is 5.53. The molecule has 108 valence electrons. The van der Waals surface area contributed by atoms with E-state index in [1.54, 1.807) is 4.90 Å². The third-order valence-corrected chi connectivity index (χ3v) is 3.94. The Morgan fingerprint density at radius 2 is 2.05 bits per heavy atom. The number of nitrogens with two attached hydrogens (primary N) is 1. The summed E-state index contributed by atoms with van der Waals surface area (Å²) in [6.45, 7) is 3.96. The van der Waals surface area contributed by atoms with Crippen LogP contribution in [0.2, 0.25) is 0 Å². The predicted octanol–water partition coefficient (Wildman–Crippen LogP) is 1.70. The second-order valence-electron chi connectivity index (χ2n) is 5.40. The number of likely N-dealkylation sites (tertiary alicyclic amines) is 1. The average Bonchev–Trinajstić information content (AvgIpc) is 2.67. The molecule has 0 saturated carbocycles. The van der Waals surface area contributed by atoms with Crippen LogP contribution in [-0.4, -0.2) is 35.1 Å². The van der Waals surface area contributed by atoms with Crippen molar-refractivity contribution in [3.63, 3.8) is 0 Å². The Morgan fingerprint density at radius 3 is 2.60 bits per heavy atom. The number of hydrogen-bond donors (Lipinski definition) is 1. The average molecular weight is 276 g/mol. The lowest BCUT2D eigenvalue weighted by Crippen LogP contribution is -2.49. The Kier molecular flexibility index (Phi) is 3.97. The minimum Gasteiger partial charge on any atom is -0.441 e. The zero-order chi connectivity index (χ0) is 14.8. The number of carbonyl (C=O) groups is 2. The first-order valence-corrected chi connectivity index (χ1v) is 6.72. The van der Waals surface area contributed by atoms with E-state index in [1.807, 2.05) is 37.3 Å². The number of nitrogens with zero attached hydrogens (tertiary/aromatic N) is 1. The van der Waals surface area contributed by atoms with Crippen LogP contribution < -0.4 is 5.73 Å². The van der Waals surface area contributed by atoms with E-state index < -0.39 is 11.7 Å². The van der Waals surface area contributed by atoms with Gasteiger partial charge in [-0.2, -0.15) is 0 Å². The molecule has 1 aliphatic rings. The first kappa shape index (κ1) is 14.4. The molecule has 0 spiro atoms. The number of hydrogen-bond acceptors (Lipinski definition) is 3. The maximum absolute atomic E-state index is 11.8. The van der Waals surface area contributed by atoms with Gasteiger partial charge in [0.1, 0.15) is 5.60 Å². The van der Waals surface area contributed by atoms with Crippen LogP contribution in [0.25, 0.3) is 0 Å². The van der Waals surface area contributed by atoms with Gasteiger partial charge in [-0.1, -0.05) is 30.3 Å². The number of amides is 2. The van der Waals surface area contributed by atoms with Crippen molar-refractivity contribution in [1.82, 2.24) is 4.90 Å². The third-order valence-electron chi connectivity index (χ3n) is 3.94. The zero-order valence-electron chi connectivity index (χ0n) is 11.8. The monoisotopic (exact) mass is 276 g/mol. The molecule has 1 aromatic carbocycles. The number of ether oxygens (including phenoxy) is 1. The van der Waals surface area contributed by atoms with Gasteiger partial charge in [0.15, 0.2) is 0 Å². The molecule has 1 saturated heterocycles. The summed E-state index contributed by atoms with van der Waals surface area (Å²) < 4.78 is 5.31. The maximum atomic E-state index is 11.8. The van der Waals surface area contributed by atoms with Gasteiger partial charge < -0.3 is 15.4 Å². The van der Waals surface area contributed by atoms with Crippen molar-refractivity contribution in [3.05, 3.63) is 35.9 Å². The fourth-order valence-electron chi connectivity index (χ4n) is 2.88. The van der Waals surface area contributed by atoms with Gasteiger partial charge in [-0.25, -0.2) is 4.79 Å². The summed E-state index contributed by atoms with van der Waals surface area (Å²) in [6, 6.07) is 9.67. The fraction of sp³-hybridized carbons (Fsp3) is 0.467. The topological polar surface area (TPSA) is 72.6 Å². The van der Waals surface area contributed by atoms with Crippen molar-refractivity contribution in [2.24, 2.45) is 5.73 Å². The molecule has 5 heteroatoms. The summed E-state index contributed by atoms with van der Waals surface area (Å²) in [5.74, 6) is -0.0114. The van der Waals surface area contributed by atoms with Gasteiger partial charge in [0.2, 0.25) is 5.91 Å². The molecular weight excluding hydrogens is 256 g/mol. The first-order chi connectivity index (χ1) is 9.42. The van der Waals surface area contributed by atoms with Gasteiger partial charge in [-0.15, -0.1) is 0 Å². The summed E-state index contributed by atoms with van der Waals surface area (Å²) >= 11 is 0. The molecule has 5 nitrogen and oxygen atoms in total. The molecule has 1 aliphatic heterocycles. The van der Waals surface area contributed by atoms with Crippen molar-refractivity contribution < 1.29 is 14.3 Å². The molecular formula is C15H20N2O3. The third kappa shape index (κ3) is 2.92. The van der Waals surface area contributed by atoms with Gasteiger partial charge in [-0.05, 0) is 18.9 Å². The van der Waals surface area contributed by atoms with E-state index in [4.69, 9.17) is 10.5 Å². The van der Waals surface area contributed by atoms with Crippen LogP contribution in [0, 0.1) is 0 Å². The molecule has 0 bridgehead atoms. The highest BCUT2D eigenvalue weighted by Gasteiger charge is 2.47. The molecule has 0 aromatic heterocycles. The molecule has 1 aromatic rings. The fourth-order valence-corrected chi connectivity index (χ4v) is 2.88. The highest BCUT2D eigenvalue weighted by atomic mass is 16.6. The largest absolute Gasteiger partial charge is 0.441 e. The molecule has 2 N–H and O–H groups in total. The molecule has 2 rings (SSSR count). The number of rotatable bonds is 3. The SMILES string of the molecule is CC(=O)N1CCC(C)(OC(N)=O)C1Cc1ccccc1. The van der Waals surface area contributed by atoms with Crippen molar-refractivity contribution in [3.8, 4) is 0 Å². The number of benzene rings is 1. The summed E-state index contributed by atoms with van der Waals surface area (Å²) in [4.78, 5) is 24.7. The van der Waals surface area contributed by atoms with Crippen LogP contribution in [0.3, 0.4) is 0 Å². The highest BCUT2D eigenvalue weighted by molar-refractivity contribution is 5.74. The smallest absolute Gasteiger partial charge is 0.405 e. The van der Waals surface area contributed by atoms with Crippen LogP contribution in [0.1, 0.15) is 25.8 Å². The summed E-state index contributed by atoms with van der Waals surface area (Å²) in [7, 11) is 0. The Bertz CT molecular complexity index is 503. The highest BCUT2D eigenvalue weighted by Crippen LogP contribution is 2.34. The van der Waals surface area contributed by atoms with Crippen molar-refractivity contribution in [2.45, 2.75) is 38.3 Å². The van der Waals surface area contributed by atoms with E-state index in [0.29, 0.717) is 19.4 Å². The zero-order valence-corrected chi connectivity index (χ0v) is 11.8. The summed E-state index contributed by atoms with van der Waals surface area (Å²) in [6.07, 6.45) is 0.452. The van der Waals surface area contributed by atoms with E-state index in [-0.39, 0.29) is 11.9 Å². The molecule has 1 fully saturated rings.